The maximum Gasteiger partial charge on any atom is 0.243 e. The molecule has 0 bridgehead atoms. The normalized spacial score (nSPS) is 15.6. The van der Waals surface area contributed by atoms with Gasteiger partial charge in [0.2, 0.25) is 15.9 Å². The third kappa shape index (κ3) is 4.31. The quantitative estimate of drug-likeness (QED) is 0.582. The topological polar surface area (TPSA) is 86.4 Å². The van der Waals surface area contributed by atoms with Gasteiger partial charge in [-0.15, -0.1) is 0 Å². The second kappa shape index (κ2) is 8.54. The molecular formula is C19H18ClFN4O3S2. The standard InChI is InChI=1S/C19H18ClFN4O3S2/c20-14-11-13(5-6-15(14)21)30(27,28)25-9-7-24(8-10-25)18(26)12-29-19-22-16-3-1-2-4-17(16)23-19/h1-6,11H,7-10,12H2,(H,22,23). The molecule has 0 unspecified atom stereocenters. The van der Waals surface area contributed by atoms with Gasteiger partial charge in [-0.2, -0.15) is 4.31 Å². The number of H-pyrrole nitrogens is 1. The molecule has 158 valence electrons. The van der Waals surface area contributed by atoms with Gasteiger partial charge in [0.15, 0.2) is 5.16 Å². The molecule has 1 amide bonds. The van der Waals surface area contributed by atoms with Crippen LogP contribution in [-0.2, 0) is 14.8 Å². The van der Waals surface area contributed by atoms with Gasteiger partial charge in [0.25, 0.3) is 0 Å². The summed E-state index contributed by atoms with van der Waals surface area (Å²) < 4.78 is 40.1. The number of nitrogens with one attached hydrogen (secondary N) is 1. The van der Waals surface area contributed by atoms with Crippen molar-refractivity contribution in [2.24, 2.45) is 0 Å². The summed E-state index contributed by atoms with van der Waals surface area (Å²) in [5, 5.41) is 0.423. The number of carbonyl (C=O) groups excluding carboxylic acids is 1. The summed E-state index contributed by atoms with van der Waals surface area (Å²) in [6.45, 7) is 0.901. The number of thioether (sulfide) groups is 1. The number of benzene rings is 2. The van der Waals surface area contributed by atoms with Crippen molar-refractivity contribution in [3.05, 3.63) is 53.3 Å². The molecule has 1 aliphatic heterocycles. The van der Waals surface area contributed by atoms with Crippen LogP contribution in [0.15, 0.2) is 52.5 Å². The highest BCUT2D eigenvalue weighted by Crippen LogP contribution is 2.24. The van der Waals surface area contributed by atoms with Crippen LogP contribution in [0.25, 0.3) is 11.0 Å². The molecule has 2 heterocycles. The summed E-state index contributed by atoms with van der Waals surface area (Å²) in [4.78, 5) is 21.7. The monoisotopic (exact) mass is 468 g/mol. The highest BCUT2D eigenvalue weighted by molar-refractivity contribution is 7.99. The second-order valence-electron chi connectivity index (χ2n) is 6.71. The minimum Gasteiger partial charge on any atom is -0.339 e. The maximum atomic E-state index is 13.3. The van der Waals surface area contributed by atoms with E-state index in [4.69, 9.17) is 11.6 Å². The zero-order valence-electron chi connectivity index (χ0n) is 15.7. The van der Waals surface area contributed by atoms with Crippen molar-refractivity contribution in [1.29, 1.82) is 0 Å². The van der Waals surface area contributed by atoms with Crippen LogP contribution in [0.2, 0.25) is 5.02 Å². The molecule has 30 heavy (non-hydrogen) atoms. The minimum atomic E-state index is -3.80. The Hall–Kier alpha value is -2.14. The minimum absolute atomic E-state index is 0.0610. The summed E-state index contributed by atoms with van der Waals surface area (Å²) in [6.07, 6.45) is 0. The van der Waals surface area contributed by atoms with Gasteiger partial charge in [-0.1, -0.05) is 35.5 Å². The van der Waals surface area contributed by atoms with Crippen LogP contribution in [-0.4, -0.2) is 65.4 Å². The Labute approximate surface area is 182 Å². The fourth-order valence-corrected chi connectivity index (χ4v) is 5.67. The molecule has 1 saturated heterocycles. The van der Waals surface area contributed by atoms with Gasteiger partial charge >= 0.3 is 0 Å². The lowest BCUT2D eigenvalue weighted by molar-refractivity contribution is -0.129. The van der Waals surface area contributed by atoms with Crippen molar-refractivity contribution in [3.63, 3.8) is 0 Å². The fourth-order valence-electron chi connectivity index (χ4n) is 3.18. The number of halogens is 2. The van der Waals surface area contributed by atoms with E-state index < -0.39 is 15.8 Å². The van der Waals surface area contributed by atoms with Crippen molar-refractivity contribution in [1.82, 2.24) is 19.2 Å². The highest BCUT2D eigenvalue weighted by Gasteiger charge is 2.30. The highest BCUT2D eigenvalue weighted by atomic mass is 35.5. The summed E-state index contributed by atoms with van der Waals surface area (Å²) in [5.74, 6) is -0.546. The largest absolute Gasteiger partial charge is 0.339 e. The molecule has 1 fully saturated rings. The number of hydrogen-bond acceptors (Lipinski definition) is 5. The van der Waals surface area contributed by atoms with Crippen LogP contribution in [0, 0.1) is 5.82 Å². The van der Waals surface area contributed by atoms with Crippen LogP contribution in [0.4, 0.5) is 4.39 Å². The van der Waals surface area contributed by atoms with Gasteiger partial charge in [0, 0.05) is 26.2 Å². The zero-order valence-corrected chi connectivity index (χ0v) is 18.1. The van der Waals surface area contributed by atoms with Crippen LogP contribution in [0.1, 0.15) is 0 Å². The van der Waals surface area contributed by atoms with Crippen molar-refractivity contribution < 1.29 is 17.6 Å². The molecular weight excluding hydrogens is 451 g/mol. The number of sulfonamides is 1. The van der Waals surface area contributed by atoms with Crippen molar-refractivity contribution >= 4 is 50.3 Å². The third-order valence-corrected chi connectivity index (χ3v) is 7.86. The van der Waals surface area contributed by atoms with Gasteiger partial charge in [0.05, 0.1) is 26.7 Å². The predicted octanol–water partition coefficient (Wildman–Crippen LogP) is 2.98. The number of aromatic nitrogens is 2. The molecule has 0 atom stereocenters. The van der Waals surface area contributed by atoms with Crippen LogP contribution in [0.3, 0.4) is 0 Å². The number of amides is 1. The van der Waals surface area contributed by atoms with E-state index in [9.17, 15) is 17.6 Å². The Morgan fingerprint density at radius 1 is 1.17 bits per heavy atom. The molecule has 3 aromatic rings. The number of carbonyl (C=O) groups is 1. The third-order valence-electron chi connectivity index (χ3n) is 4.82. The van der Waals surface area contributed by atoms with Gasteiger partial charge in [-0.3, -0.25) is 4.79 Å². The molecule has 1 aromatic heterocycles. The average molecular weight is 469 g/mol. The van der Waals surface area contributed by atoms with E-state index in [1.54, 1.807) is 4.90 Å². The second-order valence-corrected chi connectivity index (χ2v) is 10.0. The first-order valence-corrected chi connectivity index (χ1v) is 12.0. The predicted molar refractivity (Wildman–Crippen MR) is 114 cm³/mol. The SMILES string of the molecule is O=C(CSc1nc2ccccc2[nH]1)N1CCN(S(=O)(=O)c2ccc(F)c(Cl)c2)CC1. The number of hydrogen-bond donors (Lipinski definition) is 1. The van der Waals surface area contributed by atoms with E-state index in [0.29, 0.717) is 5.16 Å². The maximum absolute atomic E-state index is 13.3. The Morgan fingerprint density at radius 2 is 1.90 bits per heavy atom. The molecule has 4 rings (SSSR count). The molecule has 0 spiro atoms. The number of para-hydroxylation sites is 2. The number of aromatic amines is 1. The number of rotatable bonds is 5. The Balaban J connectivity index is 1.34. The van der Waals surface area contributed by atoms with Gasteiger partial charge in [-0.05, 0) is 30.3 Å². The molecule has 7 nitrogen and oxygen atoms in total. The Morgan fingerprint density at radius 3 is 2.60 bits per heavy atom. The summed E-state index contributed by atoms with van der Waals surface area (Å²) in [7, 11) is -3.80. The number of fused-ring (bicyclic) bond motifs is 1. The first kappa shape index (κ1) is 21.1. The van der Waals surface area contributed by atoms with E-state index in [1.165, 1.54) is 22.1 Å². The average Bonchev–Trinajstić information content (AvgIpc) is 3.17. The molecule has 1 aliphatic rings. The van der Waals surface area contributed by atoms with Crippen LogP contribution >= 0.6 is 23.4 Å². The van der Waals surface area contributed by atoms with E-state index >= 15 is 0 Å². The first-order valence-electron chi connectivity index (χ1n) is 9.15. The summed E-state index contributed by atoms with van der Waals surface area (Å²) in [5.41, 5.74) is 1.75. The van der Waals surface area contributed by atoms with Crippen LogP contribution in [0.5, 0.6) is 0 Å². The lowest BCUT2D eigenvalue weighted by atomic mass is 10.3. The van der Waals surface area contributed by atoms with Gasteiger partial charge < -0.3 is 9.88 Å². The summed E-state index contributed by atoms with van der Waals surface area (Å²) in [6, 6.07) is 11.0. The Bertz CT molecular complexity index is 1160. The molecule has 11 heteroatoms. The number of imidazole rings is 1. The molecule has 0 aliphatic carbocycles. The van der Waals surface area contributed by atoms with Gasteiger partial charge in [-0.25, -0.2) is 17.8 Å². The fraction of sp³-hybridized carbons (Fsp3) is 0.263. The smallest absolute Gasteiger partial charge is 0.243 e. The number of piperazine rings is 1. The zero-order chi connectivity index (χ0) is 21.3. The van der Waals surface area contributed by atoms with E-state index in [2.05, 4.69) is 9.97 Å². The van der Waals surface area contributed by atoms with E-state index in [1.807, 2.05) is 24.3 Å². The van der Waals surface area contributed by atoms with Crippen LogP contribution < -0.4 is 0 Å². The van der Waals surface area contributed by atoms with E-state index in [0.717, 1.165) is 23.2 Å². The molecule has 1 N–H and O–H groups in total. The molecule has 0 radical (unpaired) electrons. The van der Waals surface area contributed by atoms with Crippen molar-refractivity contribution in [2.45, 2.75) is 10.1 Å². The van der Waals surface area contributed by atoms with Crippen molar-refractivity contribution in [2.75, 3.05) is 31.9 Å². The van der Waals surface area contributed by atoms with E-state index in [-0.39, 0.29) is 47.8 Å². The van der Waals surface area contributed by atoms with Crippen molar-refractivity contribution in [3.8, 4) is 0 Å². The number of nitrogens with zero attached hydrogens (tertiary/aromatic N) is 3. The first-order chi connectivity index (χ1) is 14.3. The Kier molecular flexibility index (Phi) is 6.01. The lowest BCUT2D eigenvalue weighted by Gasteiger charge is -2.34. The molecule has 0 saturated carbocycles. The molecule has 2 aromatic carbocycles. The summed E-state index contributed by atoms with van der Waals surface area (Å²) >= 11 is 7.03. The lowest BCUT2D eigenvalue weighted by Crippen LogP contribution is -2.50. The van der Waals surface area contributed by atoms with Gasteiger partial charge in [0.1, 0.15) is 5.82 Å².